The van der Waals surface area contributed by atoms with Gasteiger partial charge in [-0.2, -0.15) is 0 Å². The molecule has 0 N–H and O–H groups in total. The maximum Gasteiger partial charge on any atom is -0.0214 e. The minimum atomic E-state index is 0.644. The van der Waals surface area contributed by atoms with Gasteiger partial charge in [0.1, 0.15) is 0 Å². The third-order valence-corrected chi connectivity index (χ3v) is 2.32. The van der Waals surface area contributed by atoms with Crippen molar-refractivity contribution in [2.24, 2.45) is 0 Å². The Labute approximate surface area is 89.4 Å². The van der Waals surface area contributed by atoms with Crippen LogP contribution in [0.5, 0.6) is 0 Å². The van der Waals surface area contributed by atoms with E-state index in [0.29, 0.717) is 5.92 Å². The summed E-state index contributed by atoms with van der Waals surface area (Å²) in [5.41, 5.74) is 5.75. The van der Waals surface area contributed by atoms with E-state index in [1.165, 1.54) is 22.3 Å². The Morgan fingerprint density at radius 2 is 1.21 bits per heavy atom. The summed E-state index contributed by atoms with van der Waals surface area (Å²) in [6.45, 7) is 15.1. The lowest BCUT2D eigenvalue weighted by atomic mass is 9.92. The Morgan fingerprint density at radius 3 is 1.50 bits per heavy atom. The van der Waals surface area contributed by atoms with E-state index in [1.54, 1.807) is 0 Å². The molecule has 0 aliphatic heterocycles. The van der Waals surface area contributed by atoms with E-state index < -0.39 is 0 Å². The van der Waals surface area contributed by atoms with E-state index in [-0.39, 0.29) is 0 Å². The minimum Gasteiger partial charge on any atom is -0.0683 e. The number of rotatable bonds is 1. The normalized spacial score (nSPS) is 9.71. The topological polar surface area (TPSA) is 0 Å². The highest BCUT2D eigenvalue weighted by molar-refractivity contribution is 5.39. The second kappa shape index (κ2) is 5.85. The molecule has 0 aliphatic rings. The second-order valence-corrected chi connectivity index (χ2v) is 3.97. The molecule has 0 amide bonds. The van der Waals surface area contributed by atoms with Crippen molar-refractivity contribution in [3.8, 4) is 0 Å². The standard InChI is InChI=1S/C12H18.C2H6/c1-8(2)12-10(4)6-9(3)7-11(12)5;1-2/h6-8H,1-5H3;1-2H3. The predicted molar refractivity (Wildman–Crippen MR) is 66.1 cm³/mol. The summed E-state index contributed by atoms with van der Waals surface area (Å²) in [6, 6.07) is 4.53. The number of hydrogen-bond acceptors (Lipinski definition) is 0. The van der Waals surface area contributed by atoms with E-state index in [0.717, 1.165) is 0 Å². The molecule has 0 aliphatic carbocycles. The largest absolute Gasteiger partial charge is 0.0683 e. The average molecular weight is 192 g/mol. The van der Waals surface area contributed by atoms with E-state index >= 15 is 0 Å². The summed E-state index contributed by atoms with van der Waals surface area (Å²) in [5, 5.41) is 0. The van der Waals surface area contributed by atoms with Crippen LogP contribution in [0.1, 0.15) is 55.9 Å². The quantitative estimate of drug-likeness (QED) is 0.601. The lowest BCUT2D eigenvalue weighted by Gasteiger charge is -2.14. The summed E-state index contributed by atoms with van der Waals surface area (Å²) in [5.74, 6) is 0.644. The van der Waals surface area contributed by atoms with Gasteiger partial charge in [-0.1, -0.05) is 45.4 Å². The van der Waals surface area contributed by atoms with Crippen molar-refractivity contribution in [1.29, 1.82) is 0 Å². The highest BCUT2D eigenvalue weighted by atomic mass is 14.1. The van der Waals surface area contributed by atoms with Crippen molar-refractivity contribution in [2.45, 2.75) is 54.4 Å². The molecule has 1 aromatic carbocycles. The third-order valence-electron chi connectivity index (χ3n) is 2.32. The molecule has 0 fully saturated rings. The summed E-state index contributed by atoms with van der Waals surface area (Å²) in [4.78, 5) is 0. The lowest BCUT2D eigenvalue weighted by Crippen LogP contribution is -1.96. The van der Waals surface area contributed by atoms with Crippen molar-refractivity contribution in [1.82, 2.24) is 0 Å². The molecule has 0 saturated carbocycles. The smallest absolute Gasteiger partial charge is 0.0214 e. The molecule has 1 rings (SSSR count). The molecule has 0 saturated heterocycles. The summed E-state index contributed by atoms with van der Waals surface area (Å²) < 4.78 is 0. The van der Waals surface area contributed by atoms with Crippen LogP contribution in [0.25, 0.3) is 0 Å². The van der Waals surface area contributed by atoms with E-state index in [9.17, 15) is 0 Å². The summed E-state index contributed by atoms with van der Waals surface area (Å²) in [7, 11) is 0. The van der Waals surface area contributed by atoms with Gasteiger partial charge >= 0.3 is 0 Å². The van der Waals surface area contributed by atoms with Gasteiger partial charge in [-0.25, -0.2) is 0 Å². The fourth-order valence-electron chi connectivity index (χ4n) is 2.10. The van der Waals surface area contributed by atoms with Crippen LogP contribution >= 0.6 is 0 Å². The average Bonchev–Trinajstić information content (AvgIpc) is 2.04. The van der Waals surface area contributed by atoms with Crippen LogP contribution in [0.15, 0.2) is 12.1 Å². The molecular weight excluding hydrogens is 168 g/mol. The fourth-order valence-corrected chi connectivity index (χ4v) is 2.10. The predicted octanol–water partition coefficient (Wildman–Crippen LogP) is 4.76. The Kier molecular flexibility index (Phi) is 5.52. The number of hydrogen-bond donors (Lipinski definition) is 0. The van der Waals surface area contributed by atoms with E-state index in [2.05, 4.69) is 46.8 Å². The summed E-state index contributed by atoms with van der Waals surface area (Å²) >= 11 is 0. The molecule has 0 bridgehead atoms. The van der Waals surface area contributed by atoms with Gasteiger partial charge in [0.15, 0.2) is 0 Å². The third kappa shape index (κ3) is 3.17. The van der Waals surface area contributed by atoms with E-state index in [4.69, 9.17) is 0 Å². The Hall–Kier alpha value is -0.780. The van der Waals surface area contributed by atoms with Crippen LogP contribution in [0.4, 0.5) is 0 Å². The van der Waals surface area contributed by atoms with Gasteiger partial charge in [-0.05, 0) is 43.4 Å². The van der Waals surface area contributed by atoms with Crippen LogP contribution in [0.2, 0.25) is 0 Å². The zero-order valence-corrected chi connectivity index (χ0v) is 10.7. The first-order valence-corrected chi connectivity index (χ1v) is 5.60. The van der Waals surface area contributed by atoms with Crippen LogP contribution in [-0.2, 0) is 0 Å². The fraction of sp³-hybridized carbons (Fsp3) is 0.571. The highest BCUT2D eigenvalue weighted by Gasteiger charge is 2.06. The van der Waals surface area contributed by atoms with Crippen LogP contribution in [0.3, 0.4) is 0 Å². The van der Waals surface area contributed by atoms with Gasteiger partial charge in [-0.3, -0.25) is 0 Å². The maximum absolute atomic E-state index is 2.27. The van der Waals surface area contributed by atoms with Gasteiger partial charge in [0.25, 0.3) is 0 Å². The lowest BCUT2D eigenvalue weighted by molar-refractivity contribution is 0.845. The maximum atomic E-state index is 2.27. The molecule has 0 nitrogen and oxygen atoms in total. The minimum absolute atomic E-state index is 0.644. The Bertz CT molecular complexity index is 259. The van der Waals surface area contributed by atoms with Crippen LogP contribution in [0, 0.1) is 20.8 Å². The van der Waals surface area contributed by atoms with Gasteiger partial charge < -0.3 is 0 Å². The van der Waals surface area contributed by atoms with Gasteiger partial charge in [-0.15, -0.1) is 0 Å². The molecule has 0 atom stereocenters. The Morgan fingerprint density at radius 1 is 0.857 bits per heavy atom. The van der Waals surface area contributed by atoms with Crippen molar-refractivity contribution in [2.75, 3.05) is 0 Å². The van der Waals surface area contributed by atoms with Crippen molar-refractivity contribution >= 4 is 0 Å². The molecule has 0 heteroatoms. The van der Waals surface area contributed by atoms with Gasteiger partial charge in [0.05, 0.1) is 0 Å². The van der Waals surface area contributed by atoms with Crippen LogP contribution < -0.4 is 0 Å². The van der Waals surface area contributed by atoms with Crippen LogP contribution in [-0.4, -0.2) is 0 Å². The van der Waals surface area contributed by atoms with E-state index in [1.807, 2.05) is 13.8 Å². The summed E-state index contributed by atoms with van der Waals surface area (Å²) in [6.07, 6.45) is 0. The second-order valence-electron chi connectivity index (χ2n) is 3.97. The first-order valence-electron chi connectivity index (χ1n) is 5.60. The first-order chi connectivity index (χ1) is 6.52. The van der Waals surface area contributed by atoms with Crippen molar-refractivity contribution < 1.29 is 0 Å². The zero-order valence-electron chi connectivity index (χ0n) is 10.7. The van der Waals surface area contributed by atoms with Crippen molar-refractivity contribution in [3.63, 3.8) is 0 Å². The van der Waals surface area contributed by atoms with Gasteiger partial charge in [0.2, 0.25) is 0 Å². The van der Waals surface area contributed by atoms with Crippen molar-refractivity contribution in [3.05, 3.63) is 34.4 Å². The number of benzene rings is 1. The Balaban J connectivity index is 0.000000791. The first kappa shape index (κ1) is 13.2. The SMILES string of the molecule is CC.Cc1cc(C)c(C(C)C)c(C)c1. The molecule has 14 heavy (non-hydrogen) atoms. The molecule has 0 radical (unpaired) electrons. The molecular formula is C14H24. The molecule has 80 valence electrons. The number of aryl methyl sites for hydroxylation is 3. The molecule has 0 spiro atoms. The molecule has 1 aromatic rings. The highest BCUT2D eigenvalue weighted by Crippen LogP contribution is 2.23. The molecule has 0 aromatic heterocycles. The molecule has 0 unspecified atom stereocenters. The molecule has 0 heterocycles. The zero-order chi connectivity index (χ0) is 11.3. The van der Waals surface area contributed by atoms with Gasteiger partial charge in [0, 0.05) is 0 Å². The monoisotopic (exact) mass is 192 g/mol.